The van der Waals surface area contributed by atoms with Crippen molar-refractivity contribution >= 4 is 29.4 Å². The highest BCUT2D eigenvalue weighted by Gasteiger charge is 2.42. The molecule has 41 heavy (non-hydrogen) atoms. The largest absolute Gasteiger partial charge is 0.455 e. The van der Waals surface area contributed by atoms with Crippen LogP contribution in [0.5, 0.6) is 0 Å². The van der Waals surface area contributed by atoms with Crippen LogP contribution in [0.25, 0.3) is 0 Å². The number of imide groups is 1. The number of hydrogen-bond acceptors (Lipinski definition) is 9. The number of hydroxylamine groups is 1. The Kier molecular flexibility index (Phi) is 11.3. The van der Waals surface area contributed by atoms with Crippen molar-refractivity contribution in [2.45, 2.75) is 33.3 Å². The highest BCUT2D eigenvalue weighted by atomic mass is 16.5. The van der Waals surface area contributed by atoms with Gasteiger partial charge in [0.1, 0.15) is 12.4 Å². The summed E-state index contributed by atoms with van der Waals surface area (Å²) in [4.78, 5) is 67.7. The molecule has 1 aromatic heterocycles. The van der Waals surface area contributed by atoms with Gasteiger partial charge >= 0.3 is 0 Å². The van der Waals surface area contributed by atoms with E-state index in [-0.39, 0.29) is 35.8 Å². The SMILES string of the molecule is CC(C)CC[C@@H](C(=O)NCC(=O)c1ccc(COCCN(C)C)o1)C(CN1C(=O)c2ccccc2C1=O)C(=O)NO. The molecule has 1 aromatic carbocycles. The van der Waals surface area contributed by atoms with Gasteiger partial charge in [0.15, 0.2) is 5.76 Å². The van der Waals surface area contributed by atoms with Crippen LogP contribution in [0, 0.1) is 17.8 Å². The van der Waals surface area contributed by atoms with Crippen LogP contribution in [0.15, 0.2) is 40.8 Å². The second-order valence-electron chi connectivity index (χ2n) is 10.7. The van der Waals surface area contributed by atoms with Gasteiger partial charge in [-0.15, -0.1) is 0 Å². The predicted molar refractivity (Wildman–Crippen MR) is 147 cm³/mol. The van der Waals surface area contributed by atoms with Gasteiger partial charge < -0.3 is 19.4 Å². The zero-order valence-corrected chi connectivity index (χ0v) is 23.8. The number of Topliss-reactive ketones (excluding diaryl/α,β-unsaturated/α-hetero) is 1. The fourth-order valence-corrected chi connectivity index (χ4v) is 4.52. The van der Waals surface area contributed by atoms with E-state index in [1.54, 1.807) is 23.7 Å². The molecule has 12 nitrogen and oxygen atoms in total. The van der Waals surface area contributed by atoms with Crippen molar-refractivity contribution < 1.29 is 38.3 Å². The number of hydrogen-bond donors (Lipinski definition) is 3. The predicted octanol–water partition coefficient (Wildman–Crippen LogP) is 2.13. The first kappa shape index (κ1) is 31.7. The quantitative estimate of drug-likeness (QED) is 0.0904. The van der Waals surface area contributed by atoms with E-state index in [0.717, 1.165) is 11.4 Å². The second-order valence-corrected chi connectivity index (χ2v) is 10.7. The van der Waals surface area contributed by atoms with E-state index in [9.17, 15) is 29.2 Å². The molecule has 222 valence electrons. The second kappa shape index (κ2) is 14.7. The molecule has 2 heterocycles. The maximum Gasteiger partial charge on any atom is 0.261 e. The van der Waals surface area contributed by atoms with Crippen LogP contribution < -0.4 is 10.8 Å². The molecule has 4 amide bonds. The van der Waals surface area contributed by atoms with Crippen LogP contribution in [0.1, 0.15) is 63.7 Å². The van der Waals surface area contributed by atoms with Crippen LogP contribution >= 0.6 is 0 Å². The van der Waals surface area contributed by atoms with E-state index in [2.05, 4.69) is 5.32 Å². The molecule has 2 atom stereocenters. The van der Waals surface area contributed by atoms with Crippen molar-refractivity contribution in [3.05, 3.63) is 59.0 Å². The van der Waals surface area contributed by atoms with Gasteiger partial charge in [0.05, 0.1) is 36.1 Å². The summed E-state index contributed by atoms with van der Waals surface area (Å²) < 4.78 is 11.1. The molecule has 0 radical (unpaired) electrons. The van der Waals surface area contributed by atoms with Gasteiger partial charge in [0.25, 0.3) is 11.8 Å². The van der Waals surface area contributed by atoms with Crippen LogP contribution in [0.4, 0.5) is 0 Å². The Morgan fingerprint density at radius 2 is 1.63 bits per heavy atom. The summed E-state index contributed by atoms with van der Waals surface area (Å²) >= 11 is 0. The highest BCUT2D eigenvalue weighted by Crippen LogP contribution is 2.28. The Morgan fingerprint density at radius 3 is 2.22 bits per heavy atom. The molecule has 3 N–H and O–H groups in total. The number of amides is 4. The minimum Gasteiger partial charge on any atom is -0.455 e. The van der Waals surface area contributed by atoms with Gasteiger partial charge in [0.2, 0.25) is 17.6 Å². The molecule has 0 bridgehead atoms. The lowest BCUT2D eigenvalue weighted by Crippen LogP contribution is -2.48. The maximum atomic E-state index is 13.4. The zero-order chi connectivity index (χ0) is 30.1. The monoisotopic (exact) mass is 570 g/mol. The zero-order valence-electron chi connectivity index (χ0n) is 23.8. The summed E-state index contributed by atoms with van der Waals surface area (Å²) in [5, 5.41) is 12.0. The number of benzene rings is 1. The lowest BCUT2D eigenvalue weighted by atomic mass is 9.84. The van der Waals surface area contributed by atoms with Crippen molar-refractivity contribution in [1.29, 1.82) is 0 Å². The van der Waals surface area contributed by atoms with E-state index in [0.29, 0.717) is 18.8 Å². The maximum absolute atomic E-state index is 13.4. The van der Waals surface area contributed by atoms with Gasteiger partial charge in [-0.2, -0.15) is 0 Å². The number of nitrogens with zero attached hydrogens (tertiary/aromatic N) is 2. The average molecular weight is 571 g/mol. The molecule has 0 aliphatic carbocycles. The molecule has 1 unspecified atom stereocenters. The fraction of sp³-hybridized carbons (Fsp3) is 0.483. The lowest BCUT2D eigenvalue weighted by Gasteiger charge is -2.28. The summed E-state index contributed by atoms with van der Waals surface area (Å²) in [7, 11) is 3.86. The average Bonchev–Trinajstić information content (AvgIpc) is 3.51. The van der Waals surface area contributed by atoms with Gasteiger partial charge in [-0.1, -0.05) is 32.4 Å². The molecule has 1 aliphatic heterocycles. The minimum absolute atomic E-state index is 0.0471. The molecule has 0 fully saturated rings. The number of rotatable bonds is 16. The standard InChI is InChI=1S/C29H38N4O8/c1-18(2)9-11-20(23(27(36)31-39)16-33-28(37)21-7-5-6-8-22(21)29(33)38)26(35)30-15-24(34)25-12-10-19(41-25)17-40-14-13-32(3)4/h5-8,10,12,18,20,23,39H,9,11,13-17H2,1-4H3,(H,30,35)(H,31,36)/t20-,23?/m1/s1. The summed E-state index contributed by atoms with van der Waals surface area (Å²) in [5.41, 5.74) is 1.98. The van der Waals surface area contributed by atoms with Crippen molar-refractivity contribution in [3.63, 3.8) is 0 Å². The number of nitrogens with one attached hydrogen (secondary N) is 2. The van der Waals surface area contributed by atoms with Crippen molar-refractivity contribution in [1.82, 2.24) is 20.6 Å². The van der Waals surface area contributed by atoms with Gasteiger partial charge in [-0.25, -0.2) is 5.48 Å². The van der Waals surface area contributed by atoms with Crippen LogP contribution in [0.2, 0.25) is 0 Å². The Balaban J connectivity index is 1.70. The molecular formula is C29H38N4O8. The van der Waals surface area contributed by atoms with Crippen LogP contribution in [0.3, 0.4) is 0 Å². The number of fused-ring (bicyclic) bond motifs is 1. The number of likely N-dealkylation sites (N-methyl/N-ethyl adjacent to an activating group) is 1. The van der Waals surface area contributed by atoms with E-state index >= 15 is 0 Å². The van der Waals surface area contributed by atoms with Gasteiger partial charge in [-0.3, -0.25) is 34.1 Å². The number of ketones is 1. The Labute approximate surface area is 238 Å². The first-order valence-electron chi connectivity index (χ1n) is 13.5. The van der Waals surface area contributed by atoms with E-state index in [1.165, 1.54) is 18.2 Å². The van der Waals surface area contributed by atoms with Crippen molar-refractivity contribution in [2.24, 2.45) is 17.8 Å². The molecule has 0 saturated heterocycles. The minimum atomic E-state index is -1.26. The van der Waals surface area contributed by atoms with Crippen LogP contribution in [-0.2, 0) is 20.9 Å². The normalized spacial score (nSPS) is 14.4. The third kappa shape index (κ3) is 8.32. The summed E-state index contributed by atoms with van der Waals surface area (Å²) in [6, 6.07) is 9.41. The fourth-order valence-electron chi connectivity index (χ4n) is 4.52. The van der Waals surface area contributed by atoms with E-state index in [4.69, 9.17) is 9.15 Å². The molecule has 2 aromatic rings. The first-order valence-corrected chi connectivity index (χ1v) is 13.5. The smallest absolute Gasteiger partial charge is 0.261 e. The van der Waals surface area contributed by atoms with Crippen molar-refractivity contribution in [3.8, 4) is 0 Å². The van der Waals surface area contributed by atoms with E-state index in [1.807, 2.05) is 32.8 Å². The first-order chi connectivity index (χ1) is 19.5. The topological polar surface area (TPSA) is 158 Å². The summed E-state index contributed by atoms with van der Waals surface area (Å²) in [6.45, 7) is 4.50. The van der Waals surface area contributed by atoms with Gasteiger partial charge in [-0.05, 0) is 50.7 Å². The lowest BCUT2D eigenvalue weighted by molar-refractivity contribution is -0.140. The summed E-state index contributed by atoms with van der Waals surface area (Å²) in [6.07, 6.45) is 0.757. The van der Waals surface area contributed by atoms with E-state index < -0.39 is 54.3 Å². The molecular weight excluding hydrogens is 532 g/mol. The molecule has 0 saturated carbocycles. The molecule has 12 heteroatoms. The summed E-state index contributed by atoms with van der Waals surface area (Å²) in [5.74, 6) is -4.80. The van der Waals surface area contributed by atoms with Crippen molar-refractivity contribution in [2.75, 3.05) is 40.3 Å². The number of carbonyl (C=O) groups is 5. The molecule has 3 rings (SSSR count). The number of ether oxygens (including phenoxy) is 1. The van der Waals surface area contributed by atoms with Crippen LogP contribution in [-0.4, -0.2) is 84.8 Å². The Morgan fingerprint density at radius 1 is 0.976 bits per heavy atom. The molecule has 0 spiro atoms. The highest BCUT2D eigenvalue weighted by molar-refractivity contribution is 6.21. The molecule has 1 aliphatic rings. The third-order valence-electron chi connectivity index (χ3n) is 6.87. The number of furan rings is 1. The third-order valence-corrected chi connectivity index (χ3v) is 6.87. The number of carbonyl (C=O) groups excluding carboxylic acids is 5. The van der Waals surface area contributed by atoms with Gasteiger partial charge in [0, 0.05) is 13.1 Å². The Hall–Kier alpha value is -3.87. The Bertz CT molecular complexity index is 1220.